The Morgan fingerprint density at radius 2 is 0.579 bits per heavy atom. The molecule has 576 valence electrons. The Morgan fingerprint density at radius 1 is 0.289 bits per heavy atom. The third-order valence-corrected chi connectivity index (χ3v) is 25.0. The fourth-order valence-corrected chi connectivity index (χ4v) is 15.4. The molecule has 0 atom stereocenters. The van der Waals surface area contributed by atoms with Gasteiger partial charge in [0, 0.05) is 81.8 Å². The highest BCUT2D eigenvalue weighted by Crippen LogP contribution is 2.45. The van der Waals surface area contributed by atoms with E-state index in [0.717, 1.165) is 110 Å². The van der Waals surface area contributed by atoms with E-state index < -0.39 is 21.2 Å². The number of phenols is 1. The monoisotopic (exact) mass is 1830 g/mol. The van der Waals surface area contributed by atoms with Crippen molar-refractivity contribution in [3.05, 3.63) is 295 Å². The predicted molar refractivity (Wildman–Crippen MR) is 490 cm³/mol. The van der Waals surface area contributed by atoms with Crippen LogP contribution < -0.4 is 5.46 Å². The molecule has 17 aromatic rings. The first-order valence-electron chi connectivity index (χ1n) is 38.3. The highest BCUT2D eigenvalue weighted by atomic mass is 79.9. The van der Waals surface area contributed by atoms with Crippen LogP contribution in [0.1, 0.15) is 84.5 Å². The molecule has 0 aliphatic carbocycles. The fraction of sp³-hybridized carbons (Fsp3) is 0.200. The Hall–Kier alpha value is -8.40. The van der Waals surface area contributed by atoms with Gasteiger partial charge < -0.3 is 46.3 Å². The standard InChI is InChI=1S/C22H21BO3.C22H13BrO.C16H9BrO.C16H11BrO.C12H24B2O4.C6H4Br2.CH3F/c1-21(2)22(3,4)26-23(25-21)15-10-12-17-18-11-9-14-7-5-6-8-16(14)20(18)24-19(17)13-15;23-17-9-5-14(6-10-17)16-8-11-19-20-12-7-15-3-1-2-4-18(15)22(20)24-21(19)13-16;17-11-6-8-13-14-7-5-10-3-1-2-4-12(10)16(14)18-15(13)9-11;17-13-8-5-12(6-9-13)15-10-7-11-3-1-2-4-14(11)16(15)18;1-9(2)10(3,4)16-13(15-9)14-17-11(5,6)12(7,8)18-14;7-5-1-2-6(8)4-3-5;1-2/h5-13H,1-4H3;1-13H;1-9H;1-10,18H;1-8H3;1-4H;1H3/i;;;;;;1D. The molecule has 3 saturated heterocycles. The summed E-state index contributed by atoms with van der Waals surface area (Å²) in [5.74, 6) is 0.343. The molecule has 0 unspecified atom stereocenters. The Balaban J connectivity index is 0.000000116. The Kier molecular flexibility index (Phi) is 23.6. The molecule has 3 aliphatic heterocycles. The molecule has 0 saturated carbocycles. The van der Waals surface area contributed by atoms with Crippen molar-refractivity contribution in [3.8, 4) is 28.0 Å². The maximum Gasteiger partial charge on any atom is 0.494 e. The Labute approximate surface area is 708 Å². The zero-order valence-electron chi connectivity index (χ0n) is 66.3. The summed E-state index contributed by atoms with van der Waals surface area (Å²) in [4.78, 5) is 0. The largest absolute Gasteiger partial charge is 0.507 e. The van der Waals surface area contributed by atoms with E-state index in [4.69, 9.17) is 42.5 Å². The van der Waals surface area contributed by atoms with Crippen LogP contribution in [-0.4, -0.2) is 67.0 Å². The first kappa shape index (κ1) is 80.8. The van der Waals surface area contributed by atoms with E-state index in [1.54, 1.807) is 0 Å². The first-order valence-corrected chi connectivity index (χ1v) is 41.5. The molecule has 1 N–H and O–H groups in total. The van der Waals surface area contributed by atoms with Crippen LogP contribution in [0.25, 0.3) is 131 Å². The van der Waals surface area contributed by atoms with Gasteiger partial charge in [-0.2, -0.15) is 0 Å². The number of hydrogen-bond acceptors (Lipinski definition) is 10. The average molecular weight is 1840 g/mol. The summed E-state index contributed by atoms with van der Waals surface area (Å²) in [6.07, 6.45) is 0. The van der Waals surface area contributed by atoms with E-state index in [-0.39, 0.29) is 40.7 Å². The van der Waals surface area contributed by atoms with Gasteiger partial charge in [-0.05, 0) is 230 Å². The maximum absolute atomic E-state index is 10.4. The van der Waals surface area contributed by atoms with Gasteiger partial charge in [-0.1, -0.05) is 250 Å². The molecule has 0 spiro atoms. The third-order valence-electron chi connectivity index (χ3n) is 22.4. The summed E-state index contributed by atoms with van der Waals surface area (Å²) >= 11 is 17.0. The van der Waals surface area contributed by atoms with Crippen LogP contribution in [0.4, 0.5) is 4.39 Å². The molecular weight excluding hydrogens is 1750 g/mol. The van der Waals surface area contributed by atoms with E-state index in [9.17, 15) is 9.50 Å². The third kappa shape index (κ3) is 17.0. The lowest BCUT2D eigenvalue weighted by Crippen LogP contribution is -2.41. The van der Waals surface area contributed by atoms with Gasteiger partial charge in [0.05, 0.1) is 42.1 Å². The minimum absolute atomic E-state index is 0.343. The molecule has 0 bridgehead atoms. The summed E-state index contributed by atoms with van der Waals surface area (Å²) < 4.78 is 75.6. The number of furan rings is 3. The van der Waals surface area contributed by atoms with Crippen molar-refractivity contribution in [2.45, 2.75) is 117 Å². The predicted octanol–water partition coefficient (Wildman–Crippen LogP) is 28.7. The second kappa shape index (κ2) is 33.3. The second-order valence-electron chi connectivity index (χ2n) is 31.4. The number of phenolic OH excluding ortho intramolecular Hbond substituents is 1. The zero-order valence-corrected chi connectivity index (χ0v) is 73.2. The van der Waals surface area contributed by atoms with E-state index in [2.05, 4.69) is 253 Å². The summed E-state index contributed by atoms with van der Waals surface area (Å²) in [5, 5.41) is 26.3. The molecule has 3 fully saturated rings. The molecule has 114 heavy (non-hydrogen) atoms. The number of fused-ring (bicyclic) bond motifs is 16. The van der Waals surface area contributed by atoms with Crippen molar-refractivity contribution < 1.29 is 52.0 Å². The van der Waals surface area contributed by atoms with Crippen molar-refractivity contribution in [1.29, 1.82) is 0 Å². The normalized spacial score (nSPS) is 16.2. The maximum atomic E-state index is 10.4. The topological polar surface area (TPSA) is 115 Å². The lowest BCUT2D eigenvalue weighted by molar-refractivity contribution is 0.00578. The van der Waals surface area contributed by atoms with Gasteiger partial charge in [-0.25, -0.2) is 0 Å². The first-order chi connectivity index (χ1) is 54.8. The van der Waals surface area contributed by atoms with Crippen LogP contribution in [0.15, 0.2) is 309 Å². The second-order valence-corrected chi connectivity index (χ2v) is 36.0. The molecule has 10 nitrogen and oxygen atoms in total. The summed E-state index contributed by atoms with van der Waals surface area (Å²) in [7, 11) is -2.33. The number of alkyl halides is 1. The minimum atomic E-state index is -1.00. The van der Waals surface area contributed by atoms with Crippen molar-refractivity contribution in [1.82, 2.24) is 0 Å². The number of rotatable bonds is 4. The molecule has 6 heterocycles. The van der Waals surface area contributed by atoms with E-state index >= 15 is 0 Å². The fourth-order valence-electron chi connectivity index (χ4n) is 14.0. The highest BCUT2D eigenvalue weighted by molar-refractivity contribution is 9.11. The summed E-state index contributed by atoms with van der Waals surface area (Å²) in [5.41, 5.74) is 8.67. The van der Waals surface area contributed by atoms with Gasteiger partial charge in [-0.3, -0.25) is 4.39 Å². The minimum Gasteiger partial charge on any atom is -0.507 e. The van der Waals surface area contributed by atoms with Crippen LogP contribution in [0, 0.1) is 0 Å². The zero-order chi connectivity index (χ0) is 81.5. The summed E-state index contributed by atoms with van der Waals surface area (Å²) in [6.45, 7) is 24.5. The van der Waals surface area contributed by atoms with Gasteiger partial charge in [0.1, 0.15) is 39.2 Å². The van der Waals surface area contributed by atoms with Crippen LogP contribution >= 0.6 is 79.6 Å². The molecule has 0 amide bonds. The molecule has 3 aromatic heterocycles. The lowest BCUT2D eigenvalue weighted by atomic mass is 9.49. The van der Waals surface area contributed by atoms with Crippen molar-refractivity contribution in [2.24, 2.45) is 0 Å². The van der Waals surface area contributed by atoms with Gasteiger partial charge in [0.25, 0.3) is 0 Å². The molecule has 20 rings (SSSR count). The Bertz CT molecular complexity index is 6290. The van der Waals surface area contributed by atoms with Crippen LogP contribution in [0.3, 0.4) is 0 Å². The van der Waals surface area contributed by atoms with E-state index in [1.807, 2.05) is 183 Å². The van der Waals surface area contributed by atoms with Crippen molar-refractivity contribution in [3.63, 3.8) is 0 Å². The number of aromatic hydroxyl groups is 1. The van der Waals surface area contributed by atoms with Crippen LogP contribution in [0.2, 0.25) is 0 Å². The molecule has 19 heteroatoms. The molecule has 3 aliphatic rings. The van der Waals surface area contributed by atoms with Crippen molar-refractivity contribution in [2.75, 3.05) is 7.15 Å². The highest BCUT2D eigenvalue weighted by Gasteiger charge is 2.64. The number of halogens is 6. The Morgan fingerprint density at radius 3 is 0.991 bits per heavy atom. The van der Waals surface area contributed by atoms with Gasteiger partial charge in [0.15, 0.2) is 0 Å². The SMILES string of the molecule is Brc1ccc(-c2ccc3c(c2)oc2c4ccccc4ccc32)cc1.Brc1ccc(Br)cc1.Brc1ccc2c(c1)oc1c3ccccc3ccc21.CC1(C)OB(B2OC(C)(C)C(C)(C)O2)OC1(C)C.CC1(C)OB(c2ccc3c(c2)oc2c4ccccc4ccc32)OC1(C)C.Oc1c(-c2ccc(Br)cc2)ccc2ccccc12.[2H]CF. The van der Waals surface area contributed by atoms with Crippen molar-refractivity contribution >= 4 is 215 Å². The van der Waals surface area contributed by atoms with E-state index in [0.29, 0.717) is 5.75 Å². The number of hydrogen-bond donors (Lipinski definition) is 1. The molecular formula is C95H85B3Br5FO10. The molecule has 14 aromatic carbocycles. The van der Waals surface area contributed by atoms with Gasteiger partial charge >= 0.3 is 21.1 Å². The van der Waals surface area contributed by atoms with Crippen LogP contribution in [-0.2, 0) is 27.9 Å². The van der Waals surface area contributed by atoms with E-state index in [1.165, 1.54) is 48.8 Å². The van der Waals surface area contributed by atoms with Gasteiger partial charge in [-0.15, -0.1) is 0 Å². The summed E-state index contributed by atoms with van der Waals surface area (Å²) in [6, 6.07) is 92.8. The van der Waals surface area contributed by atoms with Crippen LogP contribution in [0.5, 0.6) is 5.75 Å². The lowest BCUT2D eigenvalue weighted by Gasteiger charge is -2.32. The quantitative estimate of drug-likeness (QED) is 0.171. The number of benzene rings is 14. The van der Waals surface area contributed by atoms with Gasteiger partial charge in [0.2, 0.25) is 0 Å². The smallest absolute Gasteiger partial charge is 0.494 e. The molecule has 0 radical (unpaired) electrons. The average Bonchev–Trinajstić information content (AvgIpc) is 1.59.